The van der Waals surface area contributed by atoms with Crippen LogP contribution in [0.25, 0.3) is 0 Å². The van der Waals surface area contributed by atoms with Gasteiger partial charge in [0, 0.05) is 19.3 Å². The van der Waals surface area contributed by atoms with Crippen LogP contribution in [0.2, 0.25) is 0 Å². The van der Waals surface area contributed by atoms with Crippen molar-refractivity contribution in [2.75, 3.05) is 19.6 Å². The summed E-state index contributed by atoms with van der Waals surface area (Å²) in [6, 6.07) is 5.42. The van der Waals surface area contributed by atoms with Crippen molar-refractivity contribution in [1.29, 1.82) is 0 Å². The van der Waals surface area contributed by atoms with E-state index in [1.54, 1.807) is 12.3 Å². The number of hydrogen-bond acceptors (Lipinski definition) is 3. The highest BCUT2D eigenvalue weighted by atomic mass is 35.5. The summed E-state index contributed by atoms with van der Waals surface area (Å²) in [6.07, 6.45) is 2.68. The molecule has 0 saturated carbocycles. The number of likely N-dealkylation sites (tertiary alicyclic amines) is 1. The Bertz CT molecular complexity index is 385. The van der Waals surface area contributed by atoms with E-state index in [9.17, 15) is 4.79 Å². The van der Waals surface area contributed by atoms with Crippen LogP contribution < -0.4 is 5.73 Å². The van der Waals surface area contributed by atoms with Crippen LogP contribution in [0, 0.1) is 11.8 Å². The van der Waals surface area contributed by atoms with Crippen molar-refractivity contribution in [3.05, 3.63) is 30.1 Å². The fraction of sp³-hybridized carbons (Fsp3) is 0.538. The van der Waals surface area contributed by atoms with Crippen LogP contribution in [0.15, 0.2) is 24.4 Å². The zero-order valence-electron chi connectivity index (χ0n) is 10.6. The molecule has 1 saturated heterocycles. The quantitative estimate of drug-likeness (QED) is 0.886. The third-order valence-corrected chi connectivity index (χ3v) is 3.59. The molecule has 5 heteroatoms. The molecule has 1 aromatic rings. The molecule has 1 aromatic heterocycles. The molecule has 2 rings (SSSR count). The van der Waals surface area contributed by atoms with Gasteiger partial charge in [0.2, 0.25) is 0 Å². The van der Waals surface area contributed by atoms with Crippen molar-refractivity contribution in [3.8, 4) is 0 Å². The zero-order chi connectivity index (χ0) is 12.3. The SMILES string of the molecule is CC1CCN(C(=O)c2ccccn2)CC1CN.Cl. The molecule has 2 N–H and O–H groups in total. The lowest BCUT2D eigenvalue weighted by Crippen LogP contribution is -2.45. The van der Waals surface area contributed by atoms with Crippen LogP contribution in [0.5, 0.6) is 0 Å². The number of carbonyl (C=O) groups is 1. The first-order valence-electron chi connectivity index (χ1n) is 6.12. The molecule has 18 heavy (non-hydrogen) atoms. The largest absolute Gasteiger partial charge is 0.337 e. The Morgan fingerprint density at radius 3 is 2.94 bits per heavy atom. The van der Waals surface area contributed by atoms with E-state index in [1.165, 1.54) is 0 Å². The molecule has 1 aliphatic heterocycles. The van der Waals surface area contributed by atoms with E-state index < -0.39 is 0 Å². The number of carbonyl (C=O) groups excluding carboxylic acids is 1. The van der Waals surface area contributed by atoms with E-state index in [0.29, 0.717) is 24.1 Å². The second-order valence-corrected chi connectivity index (χ2v) is 4.73. The van der Waals surface area contributed by atoms with E-state index in [-0.39, 0.29) is 18.3 Å². The van der Waals surface area contributed by atoms with Crippen LogP contribution in [-0.2, 0) is 0 Å². The van der Waals surface area contributed by atoms with Crippen molar-refractivity contribution in [2.45, 2.75) is 13.3 Å². The Labute approximate surface area is 114 Å². The third kappa shape index (κ3) is 3.21. The fourth-order valence-electron chi connectivity index (χ4n) is 2.29. The van der Waals surface area contributed by atoms with E-state index in [4.69, 9.17) is 5.73 Å². The van der Waals surface area contributed by atoms with Gasteiger partial charge < -0.3 is 10.6 Å². The highest BCUT2D eigenvalue weighted by Crippen LogP contribution is 2.23. The Kier molecular flexibility index (Phi) is 5.56. The number of nitrogens with zero attached hydrogens (tertiary/aromatic N) is 2. The van der Waals surface area contributed by atoms with Crippen LogP contribution in [0.3, 0.4) is 0 Å². The summed E-state index contributed by atoms with van der Waals surface area (Å²) in [5.41, 5.74) is 6.27. The number of rotatable bonds is 2. The van der Waals surface area contributed by atoms with Gasteiger partial charge in [-0.15, -0.1) is 12.4 Å². The van der Waals surface area contributed by atoms with Crippen LogP contribution in [0.1, 0.15) is 23.8 Å². The molecular formula is C13H20ClN3O. The maximum Gasteiger partial charge on any atom is 0.272 e. The second-order valence-electron chi connectivity index (χ2n) is 4.73. The molecule has 0 aliphatic carbocycles. The number of halogens is 1. The summed E-state index contributed by atoms with van der Waals surface area (Å²) < 4.78 is 0. The number of piperidine rings is 1. The van der Waals surface area contributed by atoms with Gasteiger partial charge in [0.05, 0.1) is 0 Å². The molecular weight excluding hydrogens is 250 g/mol. The minimum absolute atomic E-state index is 0. The van der Waals surface area contributed by atoms with E-state index in [1.807, 2.05) is 17.0 Å². The van der Waals surface area contributed by atoms with Gasteiger partial charge in [0.15, 0.2) is 0 Å². The summed E-state index contributed by atoms with van der Waals surface area (Å²) in [7, 11) is 0. The maximum atomic E-state index is 12.2. The topological polar surface area (TPSA) is 59.2 Å². The normalized spacial score (nSPS) is 23.3. The molecule has 100 valence electrons. The van der Waals surface area contributed by atoms with Gasteiger partial charge in [-0.1, -0.05) is 13.0 Å². The van der Waals surface area contributed by atoms with Crippen LogP contribution in [0.4, 0.5) is 0 Å². The molecule has 2 heterocycles. The second kappa shape index (κ2) is 6.71. The summed E-state index contributed by atoms with van der Waals surface area (Å²) in [6.45, 7) is 4.42. The highest BCUT2D eigenvalue weighted by Gasteiger charge is 2.28. The van der Waals surface area contributed by atoms with Crippen molar-refractivity contribution < 1.29 is 4.79 Å². The number of hydrogen-bond donors (Lipinski definition) is 1. The van der Waals surface area contributed by atoms with Crippen molar-refractivity contribution >= 4 is 18.3 Å². The van der Waals surface area contributed by atoms with Gasteiger partial charge in [-0.2, -0.15) is 0 Å². The average molecular weight is 270 g/mol. The highest BCUT2D eigenvalue weighted by molar-refractivity contribution is 5.92. The Morgan fingerprint density at radius 1 is 1.56 bits per heavy atom. The first-order chi connectivity index (χ1) is 8.22. The van der Waals surface area contributed by atoms with Crippen molar-refractivity contribution in [1.82, 2.24) is 9.88 Å². The molecule has 0 spiro atoms. The number of amides is 1. The molecule has 2 atom stereocenters. The summed E-state index contributed by atoms with van der Waals surface area (Å²) in [4.78, 5) is 18.2. The van der Waals surface area contributed by atoms with E-state index >= 15 is 0 Å². The van der Waals surface area contributed by atoms with Crippen molar-refractivity contribution in [2.24, 2.45) is 17.6 Å². The lowest BCUT2D eigenvalue weighted by Gasteiger charge is -2.36. The minimum Gasteiger partial charge on any atom is -0.337 e. The number of nitrogens with two attached hydrogens (primary N) is 1. The van der Waals surface area contributed by atoms with Gasteiger partial charge >= 0.3 is 0 Å². The fourth-order valence-corrected chi connectivity index (χ4v) is 2.29. The summed E-state index contributed by atoms with van der Waals surface area (Å²) in [5.74, 6) is 1.04. The number of pyridine rings is 1. The first kappa shape index (κ1) is 14.9. The lowest BCUT2D eigenvalue weighted by molar-refractivity contribution is 0.0612. The van der Waals surface area contributed by atoms with Gasteiger partial charge in [-0.25, -0.2) is 0 Å². The zero-order valence-corrected chi connectivity index (χ0v) is 11.4. The molecule has 0 bridgehead atoms. The van der Waals surface area contributed by atoms with Gasteiger partial charge in [-0.05, 0) is 36.9 Å². The Morgan fingerprint density at radius 2 is 2.33 bits per heavy atom. The lowest BCUT2D eigenvalue weighted by atomic mass is 9.87. The summed E-state index contributed by atoms with van der Waals surface area (Å²) >= 11 is 0. The number of aromatic nitrogens is 1. The molecule has 1 amide bonds. The van der Waals surface area contributed by atoms with Gasteiger partial charge in [-0.3, -0.25) is 9.78 Å². The average Bonchev–Trinajstić information content (AvgIpc) is 2.39. The van der Waals surface area contributed by atoms with Crippen LogP contribution in [-0.4, -0.2) is 35.4 Å². The predicted octanol–water partition coefficient (Wildman–Crippen LogP) is 1.56. The third-order valence-electron chi connectivity index (χ3n) is 3.59. The van der Waals surface area contributed by atoms with E-state index in [2.05, 4.69) is 11.9 Å². The Balaban J connectivity index is 0.00000162. The monoisotopic (exact) mass is 269 g/mol. The molecule has 4 nitrogen and oxygen atoms in total. The standard InChI is InChI=1S/C13H19N3O.ClH/c1-10-5-7-16(9-11(10)8-14)13(17)12-4-2-3-6-15-12;/h2-4,6,10-11H,5,7-9,14H2,1H3;1H. The van der Waals surface area contributed by atoms with Crippen LogP contribution >= 0.6 is 12.4 Å². The molecule has 0 aromatic carbocycles. The maximum absolute atomic E-state index is 12.2. The Hall–Kier alpha value is -1.13. The molecule has 2 unspecified atom stereocenters. The molecule has 1 aliphatic rings. The first-order valence-corrected chi connectivity index (χ1v) is 6.12. The van der Waals surface area contributed by atoms with E-state index in [0.717, 1.165) is 19.5 Å². The van der Waals surface area contributed by atoms with Gasteiger partial charge in [0.25, 0.3) is 5.91 Å². The smallest absolute Gasteiger partial charge is 0.272 e. The minimum atomic E-state index is 0. The molecule has 0 radical (unpaired) electrons. The predicted molar refractivity (Wildman–Crippen MR) is 73.7 cm³/mol. The molecule has 1 fully saturated rings. The van der Waals surface area contributed by atoms with Crippen molar-refractivity contribution in [3.63, 3.8) is 0 Å². The summed E-state index contributed by atoms with van der Waals surface area (Å²) in [5, 5.41) is 0. The van der Waals surface area contributed by atoms with Gasteiger partial charge in [0.1, 0.15) is 5.69 Å².